The van der Waals surface area contributed by atoms with Gasteiger partial charge in [-0.3, -0.25) is 24.0 Å². The SMILES string of the molecule is CCCCC(CC)C(=O)O.CCCCC(CC)C(=O)O.CCCCC(CC)C(=O)O.CCCCC(CC)C(=O)O.CCCCC(CC)C(=O)O.[Ta]. The van der Waals surface area contributed by atoms with Gasteiger partial charge in [0, 0.05) is 22.4 Å². The second kappa shape index (κ2) is 46.1. The maximum atomic E-state index is 10.4. The molecule has 0 rings (SSSR count). The fraction of sp³-hybridized carbons (Fsp3) is 0.875. The van der Waals surface area contributed by atoms with E-state index >= 15 is 0 Å². The Morgan fingerprint density at radius 2 is 0.431 bits per heavy atom. The number of hydrogen-bond donors (Lipinski definition) is 5. The summed E-state index contributed by atoms with van der Waals surface area (Å²) in [6.07, 6.45) is 18.6. The number of carbonyl (C=O) groups is 5. The van der Waals surface area contributed by atoms with Crippen LogP contribution in [0.3, 0.4) is 0 Å². The van der Waals surface area contributed by atoms with Crippen LogP contribution in [0.2, 0.25) is 0 Å². The van der Waals surface area contributed by atoms with Crippen molar-refractivity contribution in [3.63, 3.8) is 0 Å². The zero-order valence-corrected chi connectivity index (χ0v) is 37.5. The number of aliphatic carboxylic acids is 5. The van der Waals surface area contributed by atoms with Crippen LogP contribution in [0.5, 0.6) is 0 Å². The first-order chi connectivity index (χ1) is 23.6. The Morgan fingerprint density at radius 3 is 0.490 bits per heavy atom. The molecule has 0 aliphatic heterocycles. The van der Waals surface area contributed by atoms with Gasteiger partial charge in [-0.2, -0.15) is 0 Å². The van der Waals surface area contributed by atoms with Crippen molar-refractivity contribution in [1.82, 2.24) is 0 Å². The molecule has 11 heteroatoms. The van der Waals surface area contributed by atoms with Crippen molar-refractivity contribution in [2.24, 2.45) is 29.6 Å². The minimum Gasteiger partial charge on any atom is -0.481 e. The summed E-state index contributed by atoms with van der Waals surface area (Å²) in [4.78, 5) is 52.2. The molecule has 0 aliphatic carbocycles. The van der Waals surface area contributed by atoms with Crippen LogP contribution < -0.4 is 0 Å². The third-order valence-corrected chi connectivity index (χ3v) is 8.74. The molecule has 0 aliphatic rings. The van der Waals surface area contributed by atoms with Crippen LogP contribution in [0.1, 0.15) is 198 Å². The molecule has 1 radical (unpaired) electrons. The van der Waals surface area contributed by atoms with E-state index in [-0.39, 0.29) is 52.0 Å². The number of carboxylic acids is 5. The Labute approximate surface area is 327 Å². The molecule has 0 aromatic carbocycles. The van der Waals surface area contributed by atoms with Gasteiger partial charge in [0.2, 0.25) is 0 Å². The van der Waals surface area contributed by atoms with Gasteiger partial charge in [-0.25, -0.2) is 0 Å². The molecule has 5 atom stereocenters. The summed E-state index contributed by atoms with van der Waals surface area (Å²) in [6, 6.07) is 0. The number of unbranched alkanes of at least 4 members (excludes halogenated alkanes) is 5. The molecule has 305 valence electrons. The summed E-state index contributed by atoms with van der Waals surface area (Å²) in [5.74, 6) is -3.77. The molecular formula is C40H80O10Ta. The van der Waals surface area contributed by atoms with Gasteiger partial charge in [0.25, 0.3) is 0 Å². The van der Waals surface area contributed by atoms with Crippen LogP contribution in [0, 0.1) is 29.6 Å². The fourth-order valence-electron chi connectivity index (χ4n) is 4.76. The van der Waals surface area contributed by atoms with Gasteiger partial charge in [0.05, 0.1) is 29.6 Å². The molecule has 0 aromatic heterocycles. The van der Waals surface area contributed by atoms with Crippen molar-refractivity contribution in [1.29, 1.82) is 0 Å². The van der Waals surface area contributed by atoms with E-state index in [9.17, 15) is 24.0 Å². The molecule has 0 saturated heterocycles. The molecule has 5 N–H and O–H groups in total. The Morgan fingerprint density at radius 1 is 0.314 bits per heavy atom. The van der Waals surface area contributed by atoms with Gasteiger partial charge >= 0.3 is 29.8 Å². The number of rotatable bonds is 25. The van der Waals surface area contributed by atoms with Crippen LogP contribution >= 0.6 is 0 Å². The largest absolute Gasteiger partial charge is 0.481 e. The third kappa shape index (κ3) is 44.2. The summed E-state index contributed by atoms with van der Waals surface area (Å²) in [5, 5.41) is 43.0. The maximum Gasteiger partial charge on any atom is 0.306 e. The van der Waals surface area contributed by atoms with E-state index in [1.54, 1.807) is 0 Å². The predicted octanol–water partition coefficient (Wildman–Crippen LogP) is 11.4. The third-order valence-electron chi connectivity index (χ3n) is 8.74. The van der Waals surface area contributed by atoms with Gasteiger partial charge in [0.1, 0.15) is 0 Å². The zero-order chi connectivity index (χ0) is 39.9. The van der Waals surface area contributed by atoms with Crippen molar-refractivity contribution in [2.45, 2.75) is 198 Å². The molecule has 0 aromatic rings. The first-order valence-electron chi connectivity index (χ1n) is 19.7. The molecule has 0 amide bonds. The van der Waals surface area contributed by atoms with E-state index in [0.717, 1.165) is 128 Å². The zero-order valence-electron chi connectivity index (χ0n) is 34.3. The summed E-state index contributed by atoms with van der Waals surface area (Å²) in [5.41, 5.74) is 0. The van der Waals surface area contributed by atoms with Gasteiger partial charge in [-0.05, 0) is 64.2 Å². The Hall–Kier alpha value is -1.91. The average molecular weight is 902 g/mol. The quantitative estimate of drug-likeness (QED) is 0.0590. The summed E-state index contributed by atoms with van der Waals surface area (Å²) in [7, 11) is 0. The van der Waals surface area contributed by atoms with E-state index in [2.05, 4.69) is 34.6 Å². The average Bonchev–Trinajstić information content (AvgIpc) is 3.07. The summed E-state index contributed by atoms with van der Waals surface area (Å²) >= 11 is 0. The number of carboxylic acid groups (broad SMARTS) is 5. The predicted molar refractivity (Wildman–Crippen MR) is 205 cm³/mol. The minimum atomic E-state index is -0.643. The number of hydrogen-bond acceptors (Lipinski definition) is 5. The Balaban J connectivity index is -0.000000123. The summed E-state index contributed by atoms with van der Waals surface area (Å²) < 4.78 is 0. The molecule has 0 spiro atoms. The monoisotopic (exact) mass is 902 g/mol. The van der Waals surface area contributed by atoms with E-state index < -0.39 is 29.8 Å². The Kier molecular flexibility index (Phi) is 55.3. The van der Waals surface area contributed by atoms with E-state index in [1.807, 2.05) is 34.6 Å². The van der Waals surface area contributed by atoms with Crippen molar-refractivity contribution in [2.75, 3.05) is 0 Å². The van der Waals surface area contributed by atoms with Gasteiger partial charge in [-0.1, -0.05) is 133 Å². The van der Waals surface area contributed by atoms with Crippen molar-refractivity contribution in [3.8, 4) is 0 Å². The first kappa shape index (κ1) is 61.1. The van der Waals surface area contributed by atoms with E-state index in [1.165, 1.54) is 0 Å². The molecule has 10 nitrogen and oxygen atoms in total. The molecule has 0 saturated carbocycles. The minimum absolute atomic E-state index is 0. The van der Waals surface area contributed by atoms with Crippen LogP contribution in [0.4, 0.5) is 0 Å². The smallest absolute Gasteiger partial charge is 0.306 e. The van der Waals surface area contributed by atoms with Crippen molar-refractivity contribution in [3.05, 3.63) is 0 Å². The molecule has 51 heavy (non-hydrogen) atoms. The molecule has 5 unspecified atom stereocenters. The summed E-state index contributed by atoms with van der Waals surface area (Å²) in [6.45, 7) is 20.0. The van der Waals surface area contributed by atoms with E-state index in [4.69, 9.17) is 25.5 Å². The van der Waals surface area contributed by atoms with Crippen LogP contribution in [0.25, 0.3) is 0 Å². The van der Waals surface area contributed by atoms with Crippen molar-refractivity contribution < 1.29 is 71.9 Å². The molecule has 0 bridgehead atoms. The van der Waals surface area contributed by atoms with Crippen LogP contribution in [-0.4, -0.2) is 55.4 Å². The first-order valence-corrected chi connectivity index (χ1v) is 19.7. The van der Waals surface area contributed by atoms with Gasteiger partial charge in [-0.15, -0.1) is 0 Å². The fourth-order valence-corrected chi connectivity index (χ4v) is 4.76. The van der Waals surface area contributed by atoms with E-state index in [0.29, 0.717) is 0 Å². The topological polar surface area (TPSA) is 186 Å². The maximum absolute atomic E-state index is 10.4. The van der Waals surface area contributed by atoms with Crippen LogP contribution in [0.15, 0.2) is 0 Å². The second-order valence-electron chi connectivity index (χ2n) is 12.9. The normalized spacial score (nSPS) is 12.7. The molecule has 0 fully saturated rings. The van der Waals surface area contributed by atoms with Gasteiger partial charge in [0.15, 0.2) is 0 Å². The second-order valence-corrected chi connectivity index (χ2v) is 12.9. The Bertz CT molecular complexity index is 655. The van der Waals surface area contributed by atoms with Crippen molar-refractivity contribution >= 4 is 29.8 Å². The standard InChI is InChI=1S/5C8H16O2.Ta/c5*1-3-5-6-7(4-2)8(9)10;/h5*7H,3-6H2,1-2H3,(H,9,10);. The molecule has 0 heterocycles. The van der Waals surface area contributed by atoms with Crippen LogP contribution in [-0.2, 0) is 46.4 Å². The molecular weight excluding hydrogens is 821 g/mol. The van der Waals surface area contributed by atoms with Gasteiger partial charge < -0.3 is 25.5 Å².